The number of methoxy groups -OCH3 is 2. The first-order valence-corrected chi connectivity index (χ1v) is 5.52. The van der Waals surface area contributed by atoms with Gasteiger partial charge < -0.3 is 19.9 Å². The average molecular weight is 255 g/mol. The fourth-order valence-corrected chi connectivity index (χ4v) is 1.23. The van der Waals surface area contributed by atoms with Gasteiger partial charge in [0.15, 0.2) is 5.60 Å². The minimum Gasteiger partial charge on any atom is -0.496 e. The summed E-state index contributed by atoms with van der Waals surface area (Å²) < 4.78 is 16.0. The number of rotatable bonds is 5. The molecule has 1 aromatic rings. The number of thiocarbonyl (C=S) groups is 1. The topological polar surface area (TPSA) is 53.7 Å². The van der Waals surface area contributed by atoms with Crippen molar-refractivity contribution in [2.75, 3.05) is 14.2 Å². The Morgan fingerprint density at radius 2 is 1.47 bits per heavy atom. The van der Waals surface area contributed by atoms with Crippen molar-refractivity contribution in [1.29, 1.82) is 0 Å². The van der Waals surface area contributed by atoms with Gasteiger partial charge in [0.25, 0.3) is 0 Å². The van der Waals surface area contributed by atoms with Gasteiger partial charge in [0.2, 0.25) is 0 Å². The molecule has 0 aliphatic carbocycles. The lowest BCUT2D eigenvalue weighted by Gasteiger charge is -2.25. The quantitative estimate of drug-likeness (QED) is 0.817. The van der Waals surface area contributed by atoms with Crippen molar-refractivity contribution in [3.63, 3.8) is 0 Å². The predicted molar refractivity (Wildman–Crippen MR) is 71.0 cm³/mol. The highest BCUT2D eigenvalue weighted by Crippen LogP contribution is 2.29. The van der Waals surface area contributed by atoms with Crippen LogP contribution in [0.15, 0.2) is 18.2 Å². The molecule has 0 saturated heterocycles. The second-order valence-corrected chi connectivity index (χ2v) is 4.46. The van der Waals surface area contributed by atoms with Crippen LogP contribution in [0.2, 0.25) is 0 Å². The number of ether oxygens (including phenoxy) is 3. The first kappa shape index (κ1) is 13.6. The van der Waals surface area contributed by atoms with Crippen LogP contribution >= 0.6 is 12.2 Å². The summed E-state index contributed by atoms with van der Waals surface area (Å²) in [7, 11) is 3.16. The van der Waals surface area contributed by atoms with Crippen molar-refractivity contribution < 1.29 is 14.2 Å². The summed E-state index contributed by atoms with van der Waals surface area (Å²) >= 11 is 4.94. The summed E-state index contributed by atoms with van der Waals surface area (Å²) in [6.07, 6.45) is 0. The lowest BCUT2D eigenvalue weighted by molar-refractivity contribution is 0.182. The van der Waals surface area contributed by atoms with E-state index >= 15 is 0 Å². The van der Waals surface area contributed by atoms with Crippen LogP contribution < -0.4 is 19.9 Å². The van der Waals surface area contributed by atoms with Gasteiger partial charge in [-0.3, -0.25) is 0 Å². The first-order valence-electron chi connectivity index (χ1n) is 5.11. The van der Waals surface area contributed by atoms with Gasteiger partial charge in [0.05, 0.1) is 14.2 Å². The fraction of sp³-hybridized carbons (Fsp3) is 0.417. The van der Waals surface area contributed by atoms with Crippen LogP contribution in [0.25, 0.3) is 0 Å². The maximum absolute atomic E-state index is 5.72. The molecule has 1 rings (SSSR count). The van der Waals surface area contributed by atoms with Crippen molar-refractivity contribution in [3.05, 3.63) is 18.2 Å². The molecule has 0 aromatic heterocycles. The van der Waals surface area contributed by atoms with E-state index in [1.807, 2.05) is 0 Å². The van der Waals surface area contributed by atoms with E-state index in [1.165, 1.54) is 0 Å². The van der Waals surface area contributed by atoms with Crippen LogP contribution in [0.1, 0.15) is 13.8 Å². The summed E-state index contributed by atoms with van der Waals surface area (Å²) in [6, 6.07) is 5.27. The molecule has 17 heavy (non-hydrogen) atoms. The Morgan fingerprint density at radius 1 is 1.06 bits per heavy atom. The average Bonchev–Trinajstić information content (AvgIpc) is 2.27. The van der Waals surface area contributed by atoms with E-state index in [4.69, 9.17) is 32.2 Å². The highest BCUT2D eigenvalue weighted by molar-refractivity contribution is 7.80. The van der Waals surface area contributed by atoms with Gasteiger partial charge in [-0.2, -0.15) is 0 Å². The SMILES string of the molecule is COc1cc(OC)cc(OC(C)(C)C(N)=S)c1. The summed E-state index contributed by atoms with van der Waals surface area (Å²) in [6.45, 7) is 3.61. The molecule has 0 fully saturated rings. The van der Waals surface area contributed by atoms with Gasteiger partial charge in [-0.1, -0.05) is 12.2 Å². The Morgan fingerprint density at radius 3 is 1.82 bits per heavy atom. The van der Waals surface area contributed by atoms with E-state index in [0.29, 0.717) is 22.2 Å². The molecule has 0 atom stereocenters. The molecule has 0 radical (unpaired) electrons. The molecule has 0 spiro atoms. The molecule has 0 saturated carbocycles. The fourth-order valence-electron chi connectivity index (χ4n) is 1.19. The van der Waals surface area contributed by atoms with Gasteiger partial charge >= 0.3 is 0 Å². The number of hydrogen-bond acceptors (Lipinski definition) is 4. The third-order valence-corrected chi connectivity index (χ3v) is 2.78. The lowest BCUT2D eigenvalue weighted by atomic mass is 10.1. The van der Waals surface area contributed by atoms with Crippen LogP contribution in [0, 0.1) is 0 Å². The minimum absolute atomic E-state index is 0.291. The predicted octanol–water partition coefficient (Wildman–Crippen LogP) is 2.15. The van der Waals surface area contributed by atoms with Crippen molar-refractivity contribution in [1.82, 2.24) is 0 Å². The molecule has 0 aliphatic rings. The van der Waals surface area contributed by atoms with Gasteiger partial charge in [-0.25, -0.2) is 0 Å². The van der Waals surface area contributed by atoms with E-state index in [0.717, 1.165) is 0 Å². The van der Waals surface area contributed by atoms with Crippen LogP contribution in [-0.2, 0) is 0 Å². The van der Waals surface area contributed by atoms with E-state index in [2.05, 4.69) is 0 Å². The van der Waals surface area contributed by atoms with E-state index in [-0.39, 0.29) is 0 Å². The van der Waals surface area contributed by atoms with E-state index in [9.17, 15) is 0 Å². The zero-order chi connectivity index (χ0) is 13.1. The molecule has 0 aliphatic heterocycles. The number of nitrogens with two attached hydrogens (primary N) is 1. The molecule has 5 heteroatoms. The molecule has 2 N–H and O–H groups in total. The summed E-state index contributed by atoms with van der Waals surface area (Å²) in [4.78, 5) is 0.291. The Labute approximate surface area is 107 Å². The van der Waals surface area contributed by atoms with Crippen LogP contribution in [0.4, 0.5) is 0 Å². The molecular formula is C12H17NO3S. The number of hydrogen-bond donors (Lipinski definition) is 1. The second-order valence-electron chi connectivity index (χ2n) is 4.02. The highest BCUT2D eigenvalue weighted by Gasteiger charge is 2.23. The first-order chi connectivity index (χ1) is 7.89. The summed E-state index contributed by atoms with van der Waals surface area (Å²) in [5.41, 5.74) is 4.89. The molecule has 0 unspecified atom stereocenters. The monoisotopic (exact) mass is 255 g/mol. The van der Waals surface area contributed by atoms with Crippen molar-refractivity contribution in [3.8, 4) is 17.2 Å². The normalized spacial score (nSPS) is 10.8. The summed E-state index contributed by atoms with van der Waals surface area (Å²) in [5.74, 6) is 1.90. The standard InChI is InChI=1S/C12H17NO3S/c1-12(2,11(13)17)16-10-6-8(14-3)5-9(7-10)15-4/h5-7H,1-4H3,(H2,13,17). The Bertz CT molecular complexity index is 396. The largest absolute Gasteiger partial charge is 0.496 e. The van der Waals surface area contributed by atoms with Gasteiger partial charge in [-0.15, -0.1) is 0 Å². The molecule has 0 bridgehead atoms. The summed E-state index contributed by atoms with van der Waals surface area (Å²) in [5, 5.41) is 0. The molecule has 4 nitrogen and oxygen atoms in total. The second kappa shape index (κ2) is 5.23. The molecule has 0 heterocycles. The van der Waals surface area contributed by atoms with Gasteiger partial charge in [0, 0.05) is 18.2 Å². The Balaban J connectivity index is 3.02. The van der Waals surface area contributed by atoms with Crippen LogP contribution in [0.5, 0.6) is 17.2 Å². The third kappa shape index (κ3) is 3.49. The van der Waals surface area contributed by atoms with Crippen LogP contribution in [-0.4, -0.2) is 24.8 Å². The smallest absolute Gasteiger partial charge is 0.153 e. The van der Waals surface area contributed by atoms with Crippen molar-refractivity contribution >= 4 is 17.2 Å². The Kier molecular flexibility index (Phi) is 4.17. The van der Waals surface area contributed by atoms with Crippen molar-refractivity contribution in [2.45, 2.75) is 19.4 Å². The molecule has 0 amide bonds. The van der Waals surface area contributed by atoms with Gasteiger partial charge in [-0.05, 0) is 13.8 Å². The zero-order valence-corrected chi connectivity index (χ0v) is 11.3. The van der Waals surface area contributed by atoms with E-state index < -0.39 is 5.60 Å². The highest BCUT2D eigenvalue weighted by atomic mass is 32.1. The maximum atomic E-state index is 5.72. The molecule has 94 valence electrons. The Hall–Kier alpha value is -1.49. The van der Waals surface area contributed by atoms with Gasteiger partial charge in [0.1, 0.15) is 22.2 Å². The molecular weight excluding hydrogens is 238 g/mol. The zero-order valence-electron chi connectivity index (χ0n) is 10.4. The number of benzene rings is 1. The minimum atomic E-state index is -0.716. The third-order valence-electron chi connectivity index (χ3n) is 2.29. The van der Waals surface area contributed by atoms with Crippen molar-refractivity contribution in [2.24, 2.45) is 5.73 Å². The molecule has 1 aromatic carbocycles. The van der Waals surface area contributed by atoms with E-state index in [1.54, 1.807) is 46.3 Å². The lowest BCUT2D eigenvalue weighted by Crippen LogP contribution is -2.42. The maximum Gasteiger partial charge on any atom is 0.153 e. The van der Waals surface area contributed by atoms with Crippen LogP contribution in [0.3, 0.4) is 0 Å².